The van der Waals surface area contributed by atoms with Crippen LogP contribution >= 0.6 is 0 Å². The number of nitriles is 1. The van der Waals surface area contributed by atoms with Crippen molar-refractivity contribution in [2.75, 3.05) is 7.05 Å². The zero-order chi connectivity index (χ0) is 9.68. The maximum Gasteiger partial charge on any atom is 0.251 e. The molecule has 1 rings (SSSR count). The number of nitrogens with one attached hydrogen (secondary N) is 1. The summed E-state index contributed by atoms with van der Waals surface area (Å²) in [5, 5.41) is 10.9. The number of carbonyl (C=O) groups excluding carboxylic acids is 1. The van der Waals surface area contributed by atoms with Gasteiger partial charge in [0.15, 0.2) is 0 Å². The van der Waals surface area contributed by atoms with Gasteiger partial charge in [-0.25, -0.2) is 0 Å². The van der Waals surface area contributed by atoms with Crippen molar-refractivity contribution in [3.05, 3.63) is 29.6 Å². The van der Waals surface area contributed by atoms with Gasteiger partial charge in [-0.3, -0.25) is 9.78 Å². The second-order valence-corrected chi connectivity index (χ2v) is 2.45. The highest BCUT2D eigenvalue weighted by atomic mass is 16.1. The Balaban J connectivity index is 2.93. The summed E-state index contributed by atoms with van der Waals surface area (Å²) in [6.45, 7) is 0. The molecule has 0 fully saturated rings. The van der Waals surface area contributed by atoms with Crippen LogP contribution in [0, 0.1) is 11.3 Å². The first kappa shape index (κ1) is 9.20. The first-order valence-corrected chi connectivity index (χ1v) is 3.82. The quantitative estimate of drug-likeness (QED) is 0.712. The molecule has 0 bridgehead atoms. The van der Waals surface area contributed by atoms with E-state index in [1.807, 2.05) is 6.07 Å². The fraction of sp³-hybridized carbons (Fsp3) is 0.222. The zero-order valence-corrected chi connectivity index (χ0v) is 7.24. The molecular weight excluding hydrogens is 166 g/mol. The molecule has 0 unspecified atom stereocenters. The fourth-order valence-corrected chi connectivity index (χ4v) is 0.941. The molecule has 0 aliphatic rings. The summed E-state index contributed by atoms with van der Waals surface area (Å²) in [6, 6.07) is 5.20. The molecule has 1 heterocycles. The molecule has 0 saturated heterocycles. The summed E-state index contributed by atoms with van der Waals surface area (Å²) in [5.41, 5.74) is 1.14. The summed E-state index contributed by atoms with van der Waals surface area (Å²) in [7, 11) is 1.56. The smallest absolute Gasteiger partial charge is 0.251 e. The van der Waals surface area contributed by atoms with Crippen molar-refractivity contribution in [3.63, 3.8) is 0 Å². The Morgan fingerprint density at radius 2 is 2.54 bits per heavy atom. The number of hydrogen-bond donors (Lipinski definition) is 1. The highest BCUT2D eigenvalue weighted by Crippen LogP contribution is 2.01. The molecule has 0 aromatic carbocycles. The van der Waals surface area contributed by atoms with E-state index in [1.165, 1.54) is 6.20 Å². The number of nitrogens with zero attached hydrogens (tertiary/aromatic N) is 2. The second-order valence-electron chi connectivity index (χ2n) is 2.45. The van der Waals surface area contributed by atoms with Crippen LogP contribution in [0.3, 0.4) is 0 Å². The molecule has 1 aromatic heterocycles. The van der Waals surface area contributed by atoms with E-state index >= 15 is 0 Å². The Morgan fingerprint density at radius 3 is 3.15 bits per heavy atom. The number of rotatable bonds is 2. The van der Waals surface area contributed by atoms with Gasteiger partial charge >= 0.3 is 0 Å². The number of amides is 1. The lowest BCUT2D eigenvalue weighted by atomic mass is 10.2. The van der Waals surface area contributed by atoms with Crippen molar-refractivity contribution in [2.45, 2.75) is 6.42 Å². The minimum absolute atomic E-state index is 0.165. The van der Waals surface area contributed by atoms with Gasteiger partial charge in [-0.2, -0.15) is 5.26 Å². The highest BCUT2D eigenvalue weighted by molar-refractivity contribution is 5.93. The van der Waals surface area contributed by atoms with Crippen molar-refractivity contribution in [2.24, 2.45) is 0 Å². The Labute approximate surface area is 76.2 Å². The molecule has 1 amide bonds. The summed E-state index contributed by atoms with van der Waals surface area (Å²) in [5.74, 6) is -0.165. The van der Waals surface area contributed by atoms with Crippen LogP contribution in [0.5, 0.6) is 0 Å². The molecule has 4 heteroatoms. The average Bonchev–Trinajstić information content (AvgIpc) is 2.18. The van der Waals surface area contributed by atoms with Crippen LogP contribution in [0.1, 0.15) is 16.1 Å². The number of pyridine rings is 1. The van der Waals surface area contributed by atoms with E-state index in [-0.39, 0.29) is 12.3 Å². The maximum atomic E-state index is 11.1. The first-order chi connectivity index (χ1) is 6.27. The molecule has 1 aromatic rings. The Kier molecular flexibility index (Phi) is 2.98. The van der Waals surface area contributed by atoms with Gasteiger partial charge in [0.05, 0.1) is 18.2 Å². The minimum atomic E-state index is -0.165. The van der Waals surface area contributed by atoms with Crippen molar-refractivity contribution in [3.8, 4) is 6.07 Å². The Bertz CT molecular complexity index is 354. The lowest BCUT2D eigenvalue weighted by Gasteiger charge is -1.99. The lowest BCUT2D eigenvalue weighted by Crippen LogP contribution is -2.18. The van der Waals surface area contributed by atoms with E-state index in [1.54, 1.807) is 19.2 Å². The molecule has 0 aliphatic carbocycles. The third-order valence-electron chi connectivity index (χ3n) is 1.57. The number of aromatic nitrogens is 1. The molecule has 13 heavy (non-hydrogen) atoms. The van der Waals surface area contributed by atoms with Crippen LogP contribution in [0.25, 0.3) is 0 Å². The van der Waals surface area contributed by atoms with Gasteiger partial charge in [-0.1, -0.05) is 0 Å². The summed E-state index contributed by atoms with van der Waals surface area (Å²) in [6.07, 6.45) is 1.75. The fourth-order valence-electron chi connectivity index (χ4n) is 0.941. The van der Waals surface area contributed by atoms with Crippen LogP contribution in [-0.2, 0) is 6.42 Å². The van der Waals surface area contributed by atoms with Crippen molar-refractivity contribution < 1.29 is 4.79 Å². The Hall–Kier alpha value is -1.89. The second kappa shape index (κ2) is 4.21. The normalized spacial score (nSPS) is 8.92. The van der Waals surface area contributed by atoms with Gasteiger partial charge in [-0.15, -0.1) is 0 Å². The number of hydrogen-bond acceptors (Lipinski definition) is 3. The van der Waals surface area contributed by atoms with E-state index in [0.717, 1.165) is 0 Å². The van der Waals surface area contributed by atoms with Crippen molar-refractivity contribution in [1.82, 2.24) is 10.3 Å². The zero-order valence-electron chi connectivity index (χ0n) is 7.24. The predicted molar refractivity (Wildman–Crippen MR) is 46.9 cm³/mol. The molecule has 0 aliphatic heterocycles. The van der Waals surface area contributed by atoms with Crippen LogP contribution in [-0.4, -0.2) is 17.9 Å². The molecular formula is C9H9N3O. The average molecular weight is 175 g/mol. The molecule has 4 nitrogen and oxygen atoms in total. The van der Waals surface area contributed by atoms with Crippen LogP contribution in [0.15, 0.2) is 18.3 Å². The standard InChI is InChI=1S/C9H9N3O/c1-11-9(13)7-3-5-12-8(6-7)2-4-10/h3,5-6H,2H2,1H3,(H,11,13). The third kappa shape index (κ3) is 2.27. The molecule has 1 N–H and O–H groups in total. The Morgan fingerprint density at radius 1 is 1.77 bits per heavy atom. The van der Waals surface area contributed by atoms with Gasteiger partial charge < -0.3 is 5.32 Å². The summed E-state index contributed by atoms with van der Waals surface area (Å²) >= 11 is 0. The van der Waals surface area contributed by atoms with Crippen LogP contribution < -0.4 is 5.32 Å². The van der Waals surface area contributed by atoms with E-state index in [2.05, 4.69) is 10.3 Å². The lowest BCUT2D eigenvalue weighted by molar-refractivity contribution is 0.0963. The number of carbonyl (C=O) groups is 1. The van der Waals surface area contributed by atoms with Gasteiger partial charge in [0.25, 0.3) is 5.91 Å². The molecule has 0 atom stereocenters. The van der Waals surface area contributed by atoms with Crippen molar-refractivity contribution in [1.29, 1.82) is 5.26 Å². The monoisotopic (exact) mass is 175 g/mol. The topological polar surface area (TPSA) is 65.8 Å². The summed E-state index contributed by atoms with van der Waals surface area (Å²) < 4.78 is 0. The predicted octanol–water partition coefficient (Wildman–Crippen LogP) is 0.507. The SMILES string of the molecule is CNC(=O)c1ccnc(CC#N)c1. The molecule has 66 valence electrons. The van der Waals surface area contributed by atoms with E-state index in [9.17, 15) is 4.79 Å². The van der Waals surface area contributed by atoms with Crippen LogP contribution in [0.2, 0.25) is 0 Å². The van der Waals surface area contributed by atoms with Gasteiger partial charge in [-0.05, 0) is 12.1 Å². The summed E-state index contributed by atoms with van der Waals surface area (Å²) in [4.78, 5) is 15.1. The van der Waals surface area contributed by atoms with Crippen LogP contribution in [0.4, 0.5) is 0 Å². The first-order valence-electron chi connectivity index (χ1n) is 3.82. The van der Waals surface area contributed by atoms with E-state index < -0.39 is 0 Å². The van der Waals surface area contributed by atoms with Gasteiger partial charge in [0, 0.05) is 18.8 Å². The third-order valence-corrected chi connectivity index (χ3v) is 1.57. The molecule has 0 spiro atoms. The van der Waals surface area contributed by atoms with Crippen molar-refractivity contribution >= 4 is 5.91 Å². The minimum Gasteiger partial charge on any atom is -0.355 e. The van der Waals surface area contributed by atoms with E-state index in [0.29, 0.717) is 11.3 Å². The largest absolute Gasteiger partial charge is 0.355 e. The van der Waals surface area contributed by atoms with E-state index in [4.69, 9.17) is 5.26 Å². The molecule has 0 radical (unpaired) electrons. The highest BCUT2D eigenvalue weighted by Gasteiger charge is 2.03. The molecule has 0 saturated carbocycles. The van der Waals surface area contributed by atoms with Gasteiger partial charge in [0.1, 0.15) is 0 Å². The van der Waals surface area contributed by atoms with Gasteiger partial charge in [0.2, 0.25) is 0 Å². The maximum absolute atomic E-state index is 11.1.